The lowest BCUT2D eigenvalue weighted by Gasteiger charge is -2.20. The molecule has 5 heteroatoms. The molecule has 19 heavy (non-hydrogen) atoms. The van der Waals surface area contributed by atoms with Crippen LogP contribution >= 0.6 is 11.3 Å². The number of carbonyl (C=O) groups excluding carboxylic acids is 2. The fraction of sp³-hybridized carbons (Fsp3) is 0.571. The Hall–Kier alpha value is -1.20. The van der Waals surface area contributed by atoms with Gasteiger partial charge in [0.05, 0.1) is 12.5 Å². The highest BCUT2D eigenvalue weighted by molar-refractivity contribution is 7.10. The van der Waals surface area contributed by atoms with Gasteiger partial charge in [-0.15, -0.1) is 11.3 Å². The lowest BCUT2D eigenvalue weighted by atomic mass is 10.1. The summed E-state index contributed by atoms with van der Waals surface area (Å²) in [5.74, 6) is -0.118. The molecule has 2 amide bonds. The van der Waals surface area contributed by atoms with E-state index in [-0.39, 0.29) is 23.9 Å². The zero-order valence-corrected chi connectivity index (χ0v) is 12.2. The SMILES string of the molecule is CCCN1C(=O)CC(NC(CC)c2cccs2)C1=O. The predicted molar refractivity (Wildman–Crippen MR) is 75.9 cm³/mol. The van der Waals surface area contributed by atoms with Gasteiger partial charge in [-0.05, 0) is 24.3 Å². The zero-order chi connectivity index (χ0) is 13.8. The number of rotatable bonds is 6. The Kier molecular flexibility index (Phi) is 4.71. The standard InChI is InChI=1S/C14H20N2O2S/c1-3-7-16-13(17)9-11(14(16)18)15-10(4-2)12-6-5-8-19-12/h5-6,8,10-11,15H,3-4,7,9H2,1-2H3. The second-order valence-electron chi connectivity index (χ2n) is 4.78. The van der Waals surface area contributed by atoms with E-state index in [0.29, 0.717) is 13.0 Å². The summed E-state index contributed by atoms with van der Waals surface area (Å²) in [5, 5.41) is 5.37. The molecule has 1 aromatic rings. The maximum Gasteiger partial charge on any atom is 0.246 e. The highest BCUT2D eigenvalue weighted by Crippen LogP contribution is 2.24. The second kappa shape index (κ2) is 6.30. The minimum atomic E-state index is -0.355. The van der Waals surface area contributed by atoms with Gasteiger partial charge in [-0.2, -0.15) is 0 Å². The van der Waals surface area contributed by atoms with Gasteiger partial charge in [0.1, 0.15) is 0 Å². The van der Waals surface area contributed by atoms with Crippen LogP contribution in [-0.2, 0) is 9.59 Å². The van der Waals surface area contributed by atoms with Gasteiger partial charge < -0.3 is 0 Å². The average Bonchev–Trinajstić information content (AvgIpc) is 3.00. The highest BCUT2D eigenvalue weighted by Gasteiger charge is 2.38. The van der Waals surface area contributed by atoms with E-state index in [2.05, 4.69) is 18.3 Å². The van der Waals surface area contributed by atoms with Crippen molar-refractivity contribution in [3.63, 3.8) is 0 Å². The first-order valence-corrected chi connectivity index (χ1v) is 7.69. The van der Waals surface area contributed by atoms with Crippen molar-refractivity contribution in [3.05, 3.63) is 22.4 Å². The highest BCUT2D eigenvalue weighted by atomic mass is 32.1. The van der Waals surface area contributed by atoms with Gasteiger partial charge >= 0.3 is 0 Å². The molecule has 1 N–H and O–H groups in total. The van der Waals surface area contributed by atoms with Crippen molar-refractivity contribution in [2.75, 3.05) is 6.54 Å². The van der Waals surface area contributed by atoms with Crippen LogP contribution in [0, 0.1) is 0 Å². The number of carbonyl (C=O) groups is 2. The van der Waals surface area contributed by atoms with Gasteiger partial charge in [-0.1, -0.05) is 19.9 Å². The summed E-state index contributed by atoms with van der Waals surface area (Å²) in [5.41, 5.74) is 0. The summed E-state index contributed by atoms with van der Waals surface area (Å²) in [6, 6.07) is 3.88. The lowest BCUT2D eigenvalue weighted by molar-refractivity contribution is -0.138. The van der Waals surface area contributed by atoms with Crippen LogP contribution in [0.3, 0.4) is 0 Å². The van der Waals surface area contributed by atoms with Crippen LogP contribution < -0.4 is 5.32 Å². The van der Waals surface area contributed by atoms with Crippen molar-refractivity contribution in [2.24, 2.45) is 0 Å². The molecule has 2 heterocycles. The Labute approximate surface area is 117 Å². The van der Waals surface area contributed by atoms with Crippen LogP contribution in [0.5, 0.6) is 0 Å². The Bertz CT molecular complexity index is 444. The summed E-state index contributed by atoms with van der Waals surface area (Å²) in [7, 11) is 0. The molecule has 104 valence electrons. The van der Waals surface area contributed by atoms with Crippen LogP contribution in [-0.4, -0.2) is 29.3 Å². The van der Waals surface area contributed by atoms with Crippen molar-refractivity contribution in [1.82, 2.24) is 10.2 Å². The summed E-state index contributed by atoms with van der Waals surface area (Å²) in [6.07, 6.45) is 2.01. The second-order valence-corrected chi connectivity index (χ2v) is 5.76. The van der Waals surface area contributed by atoms with Crippen LogP contribution in [0.25, 0.3) is 0 Å². The topological polar surface area (TPSA) is 49.4 Å². The first-order valence-electron chi connectivity index (χ1n) is 6.81. The first-order chi connectivity index (χ1) is 9.17. The minimum Gasteiger partial charge on any atom is -0.298 e. The molecule has 1 aliphatic rings. The molecule has 0 saturated carbocycles. The van der Waals surface area contributed by atoms with E-state index < -0.39 is 0 Å². The Morgan fingerprint density at radius 2 is 2.26 bits per heavy atom. The minimum absolute atomic E-state index is 0.0506. The van der Waals surface area contributed by atoms with E-state index >= 15 is 0 Å². The number of nitrogens with zero attached hydrogens (tertiary/aromatic N) is 1. The number of nitrogens with one attached hydrogen (secondary N) is 1. The molecule has 4 nitrogen and oxygen atoms in total. The third-order valence-corrected chi connectivity index (χ3v) is 4.37. The first kappa shape index (κ1) is 14.2. The molecular formula is C14H20N2O2S. The monoisotopic (exact) mass is 280 g/mol. The van der Waals surface area contributed by atoms with Gasteiger partial charge in [-0.3, -0.25) is 19.8 Å². The molecule has 2 rings (SSSR count). The zero-order valence-electron chi connectivity index (χ0n) is 11.4. The summed E-state index contributed by atoms with van der Waals surface area (Å²) in [6.45, 7) is 4.59. The van der Waals surface area contributed by atoms with Crippen molar-refractivity contribution >= 4 is 23.2 Å². The van der Waals surface area contributed by atoms with Crippen molar-refractivity contribution in [2.45, 2.75) is 45.2 Å². The summed E-state index contributed by atoms with van der Waals surface area (Å²) in [4.78, 5) is 26.6. The summed E-state index contributed by atoms with van der Waals surface area (Å²) < 4.78 is 0. The van der Waals surface area contributed by atoms with E-state index in [1.807, 2.05) is 18.4 Å². The van der Waals surface area contributed by atoms with Crippen LogP contribution in [0.2, 0.25) is 0 Å². The van der Waals surface area contributed by atoms with Gasteiger partial charge in [0.25, 0.3) is 0 Å². The molecule has 2 atom stereocenters. The number of amides is 2. The molecule has 0 aromatic carbocycles. The summed E-state index contributed by atoms with van der Waals surface area (Å²) >= 11 is 1.68. The van der Waals surface area contributed by atoms with Crippen molar-refractivity contribution < 1.29 is 9.59 Å². The maximum absolute atomic E-state index is 12.2. The van der Waals surface area contributed by atoms with Crippen molar-refractivity contribution in [1.29, 1.82) is 0 Å². The Balaban J connectivity index is 2.03. The molecule has 1 saturated heterocycles. The number of thiophene rings is 1. The van der Waals surface area contributed by atoms with E-state index in [9.17, 15) is 9.59 Å². The molecule has 1 aromatic heterocycles. The Morgan fingerprint density at radius 3 is 2.84 bits per heavy atom. The predicted octanol–water partition coefficient (Wildman–Crippen LogP) is 2.33. The smallest absolute Gasteiger partial charge is 0.246 e. The van der Waals surface area contributed by atoms with Crippen molar-refractivity contribution in [3.8, 4) is 0 Å². The fourth-order valence-corrected chi connectivity index (χ4v) is 3.28. The Morgan fingerprint density at radius 1 is 1.47 bits per heavy atom. The molecule has 0 bridgehead atoms. The number of hydrogen-bond acceptors (Lipinski definition) is 4. The average molecular weight is 280 g/mol. The third kappa shape index (κ3) is 3.04. The molecule has 1 fully saturated rings. The van der Waals surface area contributed by atoms with Gasteiger partial charge in [0, 0.05) is 17.5 Å². The van der Waals surface area contributed by atoms with E-state index in [1.54, 1.807) is 11.3 Å². The molecule has 2 unspecified atom stereocenters. The van der Waals surface area contributed by atoms with E-state index in [0.717, 1.165) is 12.8 Å². The molecule has 0 aliphatic carbocycles. The molecular weight excluding hydrogens is 260 g/mol. The fourth-order valence-electron chi connectivity index (χ4n) is 2.41. The molecule has 0 radical (unpaired) electrons. The normalized spacial score (nSPS) is 21.2. The number of imide groups is 1. The largest absolute Gasteiger partial charge is 0.298 e. The van der Waals surface area contributed by atoms with Gasteiger partial charge in [-0.25, -0.2) is 0 Å². The van der Waals surface area contributed by atoms with Gasteiger partial charge in [0.15, 0.2) is 0 Å². The molecule has 0 spiro atoms. The van der Waals surface area contributed by atoms with Gasteiger partial charge in [0.2, 0.25) is 11.8 Å². The van der Waals surface area contributed by atoms with Crippen LogP contribution in [0.4, 0.5) is 0 Å². The quantitative estimate of drug-likeness (QED) is 0.814. The van der Waals surface area contributed by atoms with E-state index in [4.69, 9.17) is 0 Å². The van der Waals surface area contributed by atoms with E-state index in [1.165, 1.54) is 9.78 Å². The lowest BCUT2D eigenvalue weighted by Crippen LogP contribution is -2.40. The number of hydrogen-bond donors (Lipinski definition) is 1. The van der Waals surface area contributed by atoms with Crippen LogP contribution in [0.15, 0.2) is 17.5 Å². The number of likely N-dealkylation sites (tertiary alicyclic amines) is 1. The third-order valence-electron chi connectivity index (χ3n) is 3.39. The van der Waals surface area contributed by atoms with Crippen LogP contribution in [0.1, 0.15) is 44.0 Å². The maximum atomic E-state index is 12.2. The molecule has 1 aliphatic heterocycles.